The van der Waals surface area contributed by atoms with Crippen molar-refractivity contribution in [3.05, 3.63) is 16.9 Å². The van der Waals surface area contributed by atoms with E-state index < -0.39 is 0 Å². The van der Waals surface area contributed by atoms with E-state index in [2.05, 4.69) is 30.8 Å². The normalized spacial score (nSPS) is 21.6. The number of aromatic nitrogens is 2. The number of nitrogens with two attached hydrogens (primary N) is 1. The van der Waals surface area contributed by atoms with Crippen LogP contribution >= 0.6 is 15.9 Å². The van der Waals surface area contributed by atoms with Crippen LogP contribution in [0.1, 0.15) is 12.8 Å². The Hall–Kier alpha value is -0.680. The van der Waals surface area contributed by atoms with Crippen molar-refractivity contribution in [2.24, 2.45) is 5.73 Å². The predicted octanol–water partition coefficient (Wildman–Crippen LogP) is 1.17. The van der Waals surface area contributed by atoms with Gasteiger partial charge in [0.15, 0.2) is 0 Å². The Balaban J connectivity index is 2.17. The van der Waals surface area contributed by atoms with Crippen LogP contribution in [0.4, 0.5) is 5.95 Å². The van der Waals surface area contributed by atoms with E-state index in [1.165, 1.54) is 6.42 Å². The average molecular weight is 257 g/mol. The molecule has 0 bridgehead atoms. The molecule has 5 heteroatoms. The molecule has 1 aromatic rings. The van der Waals surface area contributed by atoms with Gasteiger partial charge in [0.25, 0.3) is 0 Å². The zero-order chi connectivity index (χ0) is 9.97. The number of nitrogens with zero attached hydrogens (tertiary/aromatic N) is 3. The smallest absolute Gasteiger partial charge is 0.225 e. The number of anilines is 1. The molecule has 2 N–H and O–H groups in total. The molecule has 1 aromatic heterocycles. The van der Waals surface area contributed by atoms with Gasteiger partial charge in [0, 0.05) is 31.5 Å². The van der Waals surface area contributed by atoms with E-state index in [4.69, 9.17) is 5.73 Å². The number of hydrogen-bond donors (Lipinski definition) is 1. The molecule has 2 rings (SSSR count). The SMILES string of the molecule is NC[C@H]1CCCN1c1ncc(Br)cn1. The fourth-order valence-electron chi connectivity index (χ4n) is 1.80. The van der Waals surface area contributed by atoms with Gasteiger partial charge < -0.3 is 10.6 Å². The molecule has 76 valence electrons. The lowest BCUT2D eigenvalue weighted by Gasteiger charge is -2.22. The van der Waals surface area contributed by atoms with E-state index in [0.29, 0.717) is 12.6 Å². The van der Waals surface area contributed by atoms with Crippen LogP contribution in [0, 0.1) is 0 Å². The first-order valence-corrected chi connectivity index (χ1v) is 5.55. The largest absolute Gasteiger partial charge is 0.337 e. The van der Waals surface area contributed by atoms with Crippen molar-refractivity contribution in [2.75, 3.05) is 18.0 Å². The highest BCUT2D eigenvalue weighted by molar-refractivity contribution is 9.10. The highest BCUT2D eigenvalue weighted by Crippen LogP contribution is 2.21. The molecule has 1 atom stereocenters. The zero-order valence-electron chi connectivity index (χ0n) is 7.86. The molecule has 0 aliphatic carbocycles. The van der Waals surface area contributed by atoms with Gasteiger partial charge in [-0.05, 0) is 28.8 Å². The van der Waals surface area contributed by atoms with Crippen molar-refractivity contribution in [3.63, 3.8) is 0 Å². The minimum Gasteiger partial charge on any atom is -0.337 e. The van der Waals surface area contributed by atoms with Crippen LogP contribution in [-0.4, -0.2) is 29.1 Å². The van der Waals surface area contributed by atoms with Gasteiger partial charge in [-0.2, -0.15) is 0 Å². The standard InChI is InChI=1S/C9H13BrN4/c10-7-5-12-9(13-6-7)14-3-1-2-8(14)4-11/h5-6,8H,1-4,11H2/t8-/m1/s1. The molecule has 1 aliphatic rings. The summed E-state index contributed by atoms with van der Waals surface area (Å²) < 4.78 is 0.907. The Bertz CT molecular complexity index is 300. The first kappa shape index (κ1) is 9.86. The quantitative estimate of drug-likeness (QED) is 0.864. The maximum Gasteiger partial charge on any atom is 0.225 e. The second-order valence-corrected chi connectivity index (χ2v) is 4.34. The summed E-state index contributed by atoms with van der Waals surface area (Å²) >= 11 is 3.32. The summed E-state index contributed by atoms with van der Waals surface area (Å²) in [7, 11) is 0. The molecule has 1 fully saturated rings. The van der Waals surface area contributed by atoms with Gasteiger partial charge in [0.05, 0.1) is 4.47 Å². The summed E-state index contributed by atoms with van der Waals surface area (Å²) in [6.45, 7) is 1.70. The second-order valence-electron chi connectivity index (χ2n) is 3.43. The van der Waals surface area contributed by atoms with Gasteiger partial charge in [-0.1, -0.05) is 0 Å². The summed E-state index contributed by atoms with van der Waals surface area (Å²) in [6, 6.07) is 0.413. The molecule has 0 aromatic carbocycles. The van der Waals surface area contributed by atoms with Crippen LogP contribution in [0.2, 0.25) is 0 Å². The fourth-order valence-corrected chi connectivity index (χ4v) is 2.00. The molecule has 0 unspecified atom stereocenters. The van der Waals surface area contributed by atoms with E-state index >= 15 is 0 Å². The van der Waals surface area contributed by atoms with E-state index in [1.54, 1.807) is 12.4 Å². The molecule has 14 heavy (non-hydrogen) atoms. The molecule has 0 saturated carbocycles. The third-order valence-corrected chi connectivity index (χ3v) is 2.92. The van der Waals surface area contributed by atoms with E-state index in [9.17, 15) is 0 Å². The number of rotatable bonds is 2. The van der Waals surface area contributed by atoms with Crippen molar-refractivity contribution in [3.8, 4) is 0 Å². The molecule has 0 spiro atoms. The van der Waals surface area contributed by atoms with Crippen LogP contribution in [-0.2, 0) is 0 Å². The predicted molar refractivity (Wildman–Crippen MR) is 59.2 cm³/mol. The van der Waals surface area contributed by atoms with Gasteiger partial charge in [-0.25, -0.2) is 9.97 Å². The Morgan fingerprint density at radius 2 is 2.21 bits per heavy atom. The monoisotopic (exact) mass is 256 g/mol. The molecule has 2 heterocycles. The van der Waals surface area contributed by atoms with Crippen molar-refractivity contribution >= 4 is 21.9 Å². The van der Waals surface area contributed by atoms with Gasteiger partial charge in [0.1, 0.15) is 0 Å². The van der Waals surface area contributed by atoms with Crippen molar-refractivity contribution in [1.82, 2.24) is 9.97 Å². The van der Waals surface area contributed by atoms with Crippen LogP contribution < -0.4 is 10.6 Å². The maximum absolute atomic E-state index is 5.68. The Kier molecular flexibility index (Phi) is 2.98. The third kappa shape index (κ3) is 1.88. The maximum atomic E-state index is 5.68. The lowest BCUT2D eigenvalue weighted by Crippen LogP contribution is -2.36. The van der Waals surface area contributed by atoms with Crippen molar-refractivity contribution in [1.29, 1.82) is 0 Å². The van der Waals surface area contributed by atoms with Gasteiger partial charge >= 0.3 is 0 Å². The highest BCUT2D eigenvalue weighted by Gasteiger charge is 2.24. The number of halogens is 1. The molecule has 4 nitrogen and oxygen atoms in total. The summed E-state index contributed by atoms with van der Waals surface area (Å²) in [5, 5.41) is 0. The molecule has 0 radical (unpaired) electrons. The summed E-state index contributed by atoms with van der Waals surface area (Å²) in [6.07, 6.45) is 5.87. The summed E-state index contributed by atoms with van der Waals surface area (Å²) in [5.41, 5.74) is 5.68. The van der Waals surface area contributed by atoms with E-state index in [1.807, 2.05) is 0 Å². The Morgan fingerprint density at radius 1 is 1.50 bits per heavy atom. The average Bonchev–Trinajstić information content (AvgIpc) is 2.67. The van der Waals surface area contributed by atoms with Crippen LogP contribution in [0.3, 0.4) is 0 Å². The molecule has 1 aliphatic heterocycles. The van der Waals surface area contributed by atoms with Gasteiger partial charge in [-0.15, -0.1) is 0 Å². The Morgan fingerprint density at radius 3 is 2.86 bits per heavy atom. The Labute approximate surface area is 91.7 Å². The minimum absolute atomic E-state index is 0.413. The highest BCUT2D eigenvalue weighted by atomic mass is 79.9. The van der Waals surface area contributed by atoms with Gasteiger partial charge in [-0.3, -0.25) is 0 Å². The van der Waals surface area contributed by atoms with Crippen LogP contribution in [0.5, 0.6) is 0 Å². The summed E-state index contributed by atoms with van der Waals surface area (Å²) in [4.78, 5) is 10.7. The van der Waals surface area contributed by atoms with Crippen LogP contribution in [0.15, 0.2) is 16.9 Å². The third-order valence-electron chi connectivity index (χ3n) is 2.51. The first-order chi connectivity index (χ1) is 6.81. The first-order valence-electron chi connectivity index (χ1n) is 4.75. The van der Waals surface area contributed by atoms with E-state index in [0.717, 1.165) is 23.4 Å². The van der Waals surface area contributed by atoms with Crippen LogP contribution in [0.25, 0.3) is 0 Å². The van der Waals surface area contributed by atoms with Gasteiger partial charge in [0.2, 0.25) is 5.95 Å². The lowest BCUT2D eigenvalue weighted by atomic mass is 10.2. The number of hydrogen-bond acceptors (Lipinski definition) is 4. The van der Waals surface area contributed by atoms with E-state index in [-0.39, 0.29) is 0 Å². The zero-order valence-corrected chi connectivity index (χ0v) is 9.44. The molecule has 1 saturated heterocycles. The molecular formula is C9H13BrN4. The second kappa shape index (κ2) is 4.23. The van der Waals surface area contributed by atoms with Crippen molar-refractivity contribution in [2.45, 2.75) is 18.9 Å². The fraction of sp³-hybridized carbons (Fsp3) is 0.556. The lowest BCUT2D eigenvalue weighted by molar-refractivity contribution is 0.664. The summed E-state index contributed by atoms with van der Waals surface area (Å²) in [5.74, 6) is 0.793. The minimum atomic E-state index is 0.413. The molecular weight excluding hydrogens is 244 g/mol. The topological polar surface area (TPSA) is 55.0 Å². The molecule has 0 amide bonds. The van der Waals surface area contributed by atoms with Crippen molar-refractivity contribution < 1.29 is 0 Å².